The summed E-state index contributed by atoms with van der Waals surface area (Å²) in [7, 11) is 0. The van der Waals surface area contributed by atoms with E-state index in [-0.39, 0.29) is 0 Å². The van der Waals surface area contributed by atoms with E-state index in [1.165, 1.54) is 0 Å². The van der Waals surface area contributed by atoms with Crippen LogP contribution < -0.4 is 5.73 Å². The summed E-state index contributed by atoms with van der Waals surface area (Å²) < 4.78 is 5.36. The van der Waals surface area contributed by atoms with Crippen molar-refractivity contribution >= 4 is 28.6 Å². The molecule has 1 aromatic heterocycles. The number of nitrogen functional groups attached to an aromatic ring is 1. The number of ether oxygens (including phenoxy) is 1. The number of hydrogen-bond donors (Lipinski definition) is 1. The SMILES string of the molecule is Nc1nc2ccccc2nc1SC1CCOCC1. The van der Waals surface area contributed by atoms with Crippen LogP contribution in [0, 0.1) is 0 Å². The van der Waals surface area contributed by atoms with Crippen molar-refractivity contribution in [3.8, 4) is 0 Å². The van der Waals surface area contributed by atoms with Gasteiger partial charge in [0.25, 0.3) is 0 Å². The predicted molar refractivity (Wildman–Crippen MR) is 73.6 cm³/mol. The Morgan fingerprint density at radius 1 is 1.11 bits per heavy atom. The normalized spacial score (nSPS) is 17.1. The monoisotopic (exact) mass is 261 g/mol. The van der Waals surface area contributed by atoms with Crippen LogP contribution in [0.25, 0.3) is 11.0 Å². The summed E-state index contributed by atoms with van der Waals surface area (Å²) >= 11 is 1.73. The van der Waals surface area contributed by atoms with Gasteiger partial charge in [0.2, 0.25) is 0 Å². The number of para-hydroxylation sites is 2. The molecule has 0 spiro atoms. The first-order chi connectivity index (χ1) is 8.83. The highest BCUT2D eigenvalue weighted by molar-refractivity contribution is 8.00. The van der Waals surface area contributed by atoms with E-state index in [2.05, 4.69) is 9.97 Å². The first-order valence-corrected chi connectivity index (χ1v) is 6.97. The van der Waals surface area contributed by atoms with E-state index < -0.39 is 0 Å². The maximum Gasteiger partial charge on any atom is 0.156 e. The van der Waals surface area contributed by atoms with Crippen LogP contribution >= 0.6 is 11.8 Å². The van der Waals surface area contributed by atoms with E-state index in [0.29, 0.717) is 11.1 Å². The zero-order chi connectivity index (χ0) is 12.4. The van der Waals surface area contributed by atoms with Crippen LogP contribution in [0.15, 0.2) is 29.3 Å². The van der Waals surface area contributed by atoms with Crippen LogP contribution in [-0.4, -0.2) is 28.4 Å². The summed E-state index contributed by atoms with van der Waals surface area (Å²) in [5, 5.41) is 1.39. The van der Waals surface area contributed by atoms with Gasteiger partial charge in [-0.1, -0.05) is 23.9 Å². The maximum atomic E-state index is 5.98. The molecule has 5 heteroatoms. The Bertz CT molecular complexity index is 555. The van der Waals surface area contributed by atoms with E-state index >= 15 is 0 Å². The van der Waals surface area contributed by atoms with Crippen molar-refractivity contribution in [2.45, 2.75) is 23.1 Å². The van der Waals surface area contributed by atoms with Crippen LogP contribution in [0.2, 0.25) is 0 Å². The highest BCUT2D eigenvalue weighted by Crippen LogP contribution is 2.32. The number of nitrogens with zero attached hydrogens (tertiary/aromatic N) is 2. The number of fused-ring (bicyclic) bond motifs is 1. The van der Waals surface area contributed by atoms with Crippen molar-refractivity contribution in [1.29, 1.82) is 0 Å². The molecule has 0 unspecified atom stereocenters. The van der Waals surface area contributed by atoms with Gasteiger partial charge < -0.3 is 10.5 Å². The van der Waals surface area contributed by atoms with Gasteiger partial charge in [-0.05, 0) is 25.0 Å². The third-order valence-electron chi connectivity index (χ3n) is 3.01. The molecule has 2 N–H and O–H groups in total. The van der Waals surface area contributed by atoms with E-state index in [1.54, 1.807) is 11.8 Å². The van der Waals surface area contributed by atoms with Gasteiger partial charge in [0.15, 0.2) is 5.82 Å². The third-order valence-corrected chi connectivity index (χ3v) is 4.34. The van der Waals surface area contributed by atoms with Gasteiger partial charge in [-0.3, -0.25) is 0 Å². The highest BCUT2D eigenvalue weighted by atomic mass is 32.2. The Morgan fingerprint density at radius 3 is 2.50 bits per heavy atom. The second-order valence-electron chi connectivity index (χ2n) is 4.33. The van der Waals surface area contributed by atoms with Crippen LogP contribution in [0.3, 0.4) is 0 Å². The molecule has 0 aliphatic carbocycles. The Hall–Kier alpha value is -1.33. The Kier molecular flexibility index (Phi) is 3.34. The van der Waals surface area contributed by atoms with Gasteiger partial charge in [0, 0.05) is 18.5 Å². The summed E-state index contributed by atoms with van der Waals surface area (Å²) in [4.78, 5) is 9.01. The topological polar surface area (TPSA) is 61.0 Å². The number of nitrogens with two attached hydrogens (primary N) is 1. The number of anilines is 1. The number of rotatable bonds is 2. The predicted octanol–water partition coefficient (Wildman–Crippen LogP) is 2.48. The van der Waals surface area contributed by atoms with E-state index in [0.717, 1.165) is 42.1 Å². The number of aromatic nitrogens is 2. The zero-order valence-electron chi connectivity index (χ0n) is 10.0. The molecule has 2 aromatic rings. The van der Waals surface area contributed by atoms with Gasteiger partial charge >= 0.3 is 0 Å². The lowest BCUT2D eigenvalue weighted by Gasteiger charge is -2.21. The summed E-state index contributed by atoms with van der Waals surface area (Å²) in [6.45, 7) is 1.66. The number of hydrogen-bond acceptors (Lipinski definition) is 5. The molecule has 2 heterocycles. The zero-order valence-corrected chi connectivity index (χ0v) is 10.8. The van der Waals surface area contributed by atoms with Crippen molar-refractivity contribution in [3.63, 3.8) is 0 Å². The standard InChI is InChI=1S/C13H15N3OS/c14-12-13(18-9-5-7-17-8-6-9)16-11-4-2-1-3-10(11)15-12/h1-4,9H,5-8H2,(H2,14,15). The summed E-state index contributed by atoms with van der Waals surface area (Å²) in [6, 6.07) is 7.81. The summed E-state index contributed by atoms with van der Waals surface area (Å²) in [5.74, 6) is 0.533. The Morgan fingerprint density at radius 2 is 1.78 bits per heavy atom. The largest absolute Gasteiger partial charge is 0.381 e. The molecule has 1 fully saturated rings. The molecule has 94 valence electrons. The second kappa shape index (κ2) is 5.12. The fraction of sp³-hybridized carbons (Fsp3) is 0.385. The lowest BCUT2D eigenvalue weighted by Crippen LogP contribution is -2.17. The van der Waals surface area contributed by atoms with Crippen molar-refractivity contribution in [2.24, 2.45) is 0 Å². The fourth-order valence-corrected chi connectivity index (χ4v) is 3.10. The number of thioether (sulfide) groups is 1. The molecule has 1 aromatic carbocycles. The second-order valence-corrected chi connectivity index (χ2v) is 5.62. The fourth-order valence-electron chi connectivity index (χ4n) is 2.04. The average molecular weight is 261 g/mol. The van der Waals surface area contributed by atoms with Crippen LogP contribution in [0.1, 0.15) is 12.8 Å². The first kappa shape index (κ1) is 11.7. The molecule has 18 heavy (non-hydrogen) atoms. The maximum absolute atomic E-state index is 5.98. The van der Waals surface area contributed by atoms with Crippen molar-refractivity contribution < 1.29 is 4.74 Å². The Balaban J connectivity index is 1.88. The van der Waals surface area contributed by atoms with Gasteiger partial charge in [-0.2, -0.15) is 0 Å². The lowest BCUT2D eigenvalue weighted by atomic mass is 10.2. The van der Waals surface area contributed by atoms with Gasteiger partial charge in [-0.15, -0.1) is 0 Å². The third kappa shape index (κ3) is 2.42. The lowest BCUT2D eigenvalue weighted by molar-refractivity contribution is 0.1000. The highest BCUT2D eigenvalue weighted by Gasteiger charge is 2.17. The van der Waals surface area contributed by atoms with Crippen LogP contribution in [0.4, 0.5) is 5.82 Å². The van der Waals surface area contributed by atoms with E-state index in [9.17, 15) is 0 Å². The molecule has 0 amide bonds. The van der Waals surface area contributed by atoms with Gasteiger partial charge in [0.1, 0.15) is 5.03 Å². The minimum atomic E-state index is 0.533. The minimum absolute atomic E-state index is 0.533. The molecule has 3 rings (SSSR count). The molecule has 0 saturated carbocycles. The first-order valence-electron chi connectivity index (χ1n) is 6.09. The van der Waals surface area contributed by atoms with Crippen LogP contribution in [-0.2, 0) is 4.74 Å². The quantitative estimate of drug-likeness (QED) is 0.900. The molecular weight excluding hydrogens is 246 g/mol. The molecule has 0 bridgehead atoms. The van der Waals surface area contributed by atoms with E-state index in [1.807, 2.05) is 24.3 Å². The molecule has 4 nitrogen and oxygen atoms in total. The van der Waals surface area contributed by atoms with Crippen molar-refractivity contribution in [1.82, 2.24) is 9.97 Å². The molecule has 1 saturated heterocycles. The van der Waals surface area contributed by atoms with Gasteiger partial charge in [0.05, 0.1) is 11.0 Å². The smallest absolute Gasteiger partial charge is 0.156 e. The number of benzene rings is 1. The average Bonchev–Trinajstić information content (AvgIpc) is 2.41. The summed E-state index contributed by atoms with van der Waals surface area (Å²) in [6.07, 6.45) is 2.11. The molecule has 1 aliphatic rings. The molecule has 1 aliphatic heterocycles. The molecular formula is C13H15N3OS. The van der Waals surface area contributed by atoms with E-state index in [4.69, 9.17) is 10.5 Å². The minimum Gasteiger partial charge on any atom is -0.381 e. The van der Waals surface area contributed by atoms with Crippen molar-refractivity contribution in [3.05, 3.63) is 24.3 Å². The van der Waals surface area contributed by atoms with Crippen molar-refractivity contribution in [2.75, 3.05) is 18.9 Å². The molecule has 0 radical (unpaired) electrons. The molecule has 0 atom stereocenters. The van der Waals surface area contributed by atoms with Crippen LogP contribution in [0.5, 0.6) is 0 Å². The summed E-state index contributed by atoms with van der Waals surface area (Å²) in [5.41, 5.74) is 7.74. The van der Waals surface area contributed by atoms with Gasteiger partial charge in [-0.25, -0.2) is 9.97 Å². The Labute approximate surface area is 110 Å².